The van der Waals surface area contributed by atoms with Crippen LogP contribution in [0.25, 0.3) is 0 Å². The number of ether oxygens (including phenoxy) is 2. The molecule has 0 bridgehead atoms. The number of nitrogens with zero attached hydrogens (tertiary/aromatic N) is 2. The van der Waals surface area contributed by atoms with Crippen molar-refractivity contribution in [1.29, 1.82) is 5.26 Å². The minimum Gasteiger partial charge on any atom is -0.479 e. The second-order valence-electron chi connectivity index (χ2n) is 4.30. The Morgan fingerprint density at radius 2 is 2.06 bits per heavy atom. The van der Waals surface area contributed by atoms with Crippen molar-refractivity contribution in [3.8, 4) is 6.07 Å². The molecule has 0 saturated carbocycles. The molecule has 0 radical (unpaired) electrons. The van der Waals surface area contributed by atoms with Crippen LogP contribution in [0.4, 0.5) is 0 Å². The average Bonchev–Trinajstić information content (AvgIpc) is 2.87. The summed E-state index contributed by atoms with van der Waals surface area (Å²) in [5.74, 6) is -1.29. The number of morpholine rings is 1. The van der Waals surface area contributed by atoms with Gasteiger partial charge in [0.2, 0.25) is 0 Å². The molecule has 0 aliphatic carbocycles. The molecule has 2 aliphatic heterocycles. The Morgan fingerprint density at radius 3 is 2.67 bits per heavy atom. The monoisotopic (exact) mass is 254 g/mol. The molecule has 2 fully saturated rings. The van der Waals surface area contributed by atoms with E-state index < -0.39 is 24.3 Å². The highest BCUT2D eigenvalue weighted by Crippen LogP contribution is 2.22. The second-order valence-corrected chi connectivity index (χ2v) is 4.30. The van der Waals surface area contributed by atoms with Gasteiger partial charge in [-0.3, -0.25) is 4.79 Å². The van der Waals surface area contributed by atoms with Crippen molar-refractivity contribution < 1.29 is 24.2 Å². The highest BCUT2D eigenvalue weighted by atomic mass is 16.5. The predicted octanol–water partition coefficient (Wildman–Crippen LogP) is -0.630. The van der Waals surface area contributed by atoms with E-state index in [1.165, 1.54) is 4.90 Å². The van der Waals surface area contributed by atoms with Crippen LogP contribution in [0.2, 0.25) is 0 Å². The summed E-state index contributed by atoms with van der Waals surface area (Å²) in [7, 11) is 0. The number of carboxylic acids is 1. The summed E-state index contributed by atoms with van der Waals surface area (Å²) in [6.07, 6.45) is -1.46. The molecule has 2 heterocycles. The zero-order chi connectivity index (χ0) is 13.1. The molecule has 7 nitrogen and oxygen atoms in total. The smallest absolute Gasteiger partial charge is 0.332 e. The second kappa shape index (κ2) is 5.33. The lowest BCUT2D eigenvalue weighted by molar-refractivity contribution is -0.157. The van der Waals surface area contributed by atoms with Gasteiger partial charge in [-0.1, -0.05) is 0 Å². The van der Waals surface area contributed by atoms with Crippen molar-refractivity contribution in [1.82, 2.24) is 4.90 Å². The summed E-state index contributed by atoms with van der Waals surface area (Å²) in [6, 6.07) is 1.96. The van der Waals surface area contributed by atoms with Crippen LogP contribution in [0.3, 0.4) is 0 Å². The van der Waals surface area contributed by atoms with Gasteiger partial charge in [-0.2, -0.15) is 5.26 Å². The van der Waals surface area contributed by atoms with Crippen LogP contribution < -0.4 is 0 Å². The summed E-state index contributed by atoms with van der Waals surface area (Å²) in [6.45, 7) is 0.945. The highest BCUT2D eigenvalue weighted by molar-refractivity contribution is 5.82. The molecule has 0 spiro atoms. The van der Waals surface area contributed by atoms with Gasteiger partial charge in [0.05, 0.1) is 19.2 Å². The van der Waals surface area contributed by atoms with Crippen molar-refractivity contribution >= 4 is 11.9 Å². The van der Waals surface area contributed by atoms with Gasteiger partial charge in [-0.15, -0.1) is 0 Å². The van der Waals surface area contributed by atoms with E-state index in [2.05, 4.69) is 0 Å². The predicted molar refractivity (Wildman–Crippen MR) is 57.5 cm³/mol. The number of hydrogen-bond acceptors (Lipinski definition) is 5. The summed E-state index contributed by atoms with van der Waals surface area (Å²) in [4.78, 5) is 24.3. The summed E-state index contributed by atoms with van der Waals surface area (Å²) >= 11 is 0. The van der Waals surface area contributed by atoms with Gasteiger partial charge in [0.15, 0.2) is 12.2 Å². The number of nitriles is 1. The third-order valence-electron chi connectivity index (χ3n) is 3.09. The van der Waals surface area contributed by atoms with E-state index in [1.54, 1.807) is 0 Å². The molecule has 7 heteroatoms. The van der Waals surface area contributed by atoms with Gasteiger partial charge >= 0.3 is 5.97 Å². The molecule has 1 N–H and O–H groups in total. The SMILES string of the molecule is N#CC1CN(C(=O)C2CCC(C(=O)O)O2)CCO1. The minimum atomic E-state index is -1.04. The van der Waals surface area contributed by atoms with Crippen LogP contribution in [0.15, 0.2) is 0 Å². The van der Waals surface area contributed by atoms with E-state index >= 15 is 0 Å². The molecule has 3 atom stereocenters. The van der Waals surface area contributed by atoms with Gasteiger partial charge in [-0.25, -0.2) is 4.79 Å². The number of amides is 1. The molecule has 2 rings (SSSR count). The van der Waals surface area contributed by atoms with E-state index in [-0.39, 0.29) is 12.5 Å². The molecule has 1 amide bonds. The van der Waals surface area contributed by atoms with Crippen LogP contribution >= 0.6 is 0 Å². The lowest BCUT2D eigenvalue weighted by Gasteiger charge is -2.31. The zero-order valence-corrected chi connectivity index (χ0v) is 9.74. The number of aliphatic carboxylic acids is 1. The summed E-state index contributed by atoms with van der Waals surface area (Å²) < 4.78 is 10.3. The molecule has 0 aromatic rings. The van der Waals surface area contributed by atoms with E-state index in [1.807, 2.05) is 6.07 Å². The first-order chi connectivity index (χ1) is 8.61. The van der Waals surface area contributed by atoms with Crippen molar-refractivity contribution in [2.75, 3.05) is 19.7 Å². The van der Waals surface area contributed by atoms with E-state index in [0.29, 0.717) is 26.0 Å². The Labute approximate surface area is 104 Å². The van der Waals surface area contributed by atoms with Gasteiger partial charge < -0.3 is 19.5 Å². The number of carbonyl (C=O) groups excluding carboxylic acids is 1. The average molecular weight is 254 g/mol. The highest BCUT2D eigenvalue weighted by Gasteiger charge is 2.38. The van der Waals surface area contributed by atoms with E-state index in [0.717, 1.165) is 0 Å². The lowest BCUT2D eigenvalue weighted by Crippen LogP contribution is -2.49. The van der Waals surface area contributed by atoms with Crippen molar-refractivity contribution in [3.63, 3.8) is 0 Å². The zero-order valence-electron chi connectivity index (χ0n) is 9.74. The molecular weight excluding hydrogens is 240 g/mol. The molecule has 3 unspecified atom stereocenters. The third-order valence-corrected chi connectivity index (χ3v) is 3.09. The number of hydrogen-bond donors (Lipinski definition) is 1. The fraction of sp³-hybridized carbons (Fsp3) is 0.727. The Kier molecular flexibility index (Phi) is 3.79. The lowest BCUT2D eigenvalue weighted by atomic mass is 10.1. The van der Waals surface area contributed by atoms with Crippen LogP contribution in [0.5, 0.6) is 0 Å². The molecule has 18 heavy (non-hydrogen) atoms. The van der Waals surface area contributed by atoms with E-state index in [9.17, 15) is 9.59 Å². The summed E-state index contributed by atoms with van der Waals surface area (Å²) in [5, 5.41) is 17.5. The van der Waals surface area contributed by atoms with Gasteiger partial charge in [-0.05, 0) is 12.8 Å². The van der Waals surface area contributed by atoms with Gasteiger partial charge in [0, 0.05) is 6.54 Å². The largest absolute Gasteiger partial charge is 0.479 e. The Bertz CT molecular complexity index is 391. The van der Waals surface area contributed by atoms with Gasteiger partial charge in [0.25, 0.3) is 5.91 Å². The van der Waals surface area contributed by atoms with Crippen LogP contribution in [0.1, 0.15) is 12.8 Å². The summed E-state index contributed by atoms with van der Waals surface area (Å²) in [5.41, 5.74) is 0. The topological polar surface area (TPSA) is 99.9 Å². The van der Waals surface area contributed by atoms with Gasteiger partial charge in [0.1, 0.15) is 6.10 Å². The third kappa shape index (κ3) is 2.60. The molecule has 98 valence electrons. The fourth-order valence-corrected chi connectivity index (χ4v) is 2.13. The molecule has 2 aliphatic rings. The number of rotatable bonds is 2. The fourth-order valence-electron chi connectivity index (χ4n) is 2.13. The van der Waals surface area contributed by atoms with Crippen LogP contribution in [-0.2, 0) is 19.1 Å². The first kappa shape index (κ1) is 12.8. The molecular formula is C11H14N2O5. The van der Waals surface area contributed by atoms with Crippen LogP contribution in [0, 0.1) is 11.3 Å². The quantitative estimate of drug-likeness (QED) is 0.704. The Hall–Kier alpha value is -1.65. The molecule has 2 saturated heterocycles. The Morgan fingerprint density at radius 1 is 1.33 bits per heavy atom. The number of carbonyl (C=O) groups is 2. The maximum atomic E-state index is 12.1. The molecule has 0 aromatic heterocycles. The first-order valence-corrected chi connectivity index (χ1v) is 5.80. The number of carboxylic acid groups (broad SMARTS) is 1. The molecule has 0 aromatic carbocycles. The maximum absolute atomic E-state index is 12.1. The minimum absolute atomic E-state index is 0.215. The maximum Gasteiger partial charge on any atom is 0.332 e. The van der Waals surface area contributed by atoms with Crippen molar-refractivity contribution in [2.24, 2.45) is 0 Å². The van der Waals surface area contributed by atoms with Crippen molar-refractivity contribution in [2.45, 2.75) is 31.2 Å². The van der Waals surface area contributed by atoms with E-state index in [4.69, 9.17) is 19.8 Å². The normalized spacial score (nSPS) is 31.9. The first-order valence-electron chi connectivity index (χ1n) is 5.80. The van der Waals surface area contributed by atoms with Crippen molar-refractivity contribution in [3.05, 3.63) is 0 Å². The Balaban J connectivity index is 1.92. The van der Waals surface area contributed by atoms with Crippen LogP contribution in [-0.4, -0.2) is 59.9 Å². The standard InChI is InChI=1S/C11H14N2O5/c12-5-7-6-13(3-4-17-7)10(14)8-1-2-9(18-8)11(15)16/h7-9H,1-4,6H2,(H,15,16).